The molecule has 0 aliphatic rings. The minimum Gasteiger partial charge on any atom is -0.165 e. The first-order valence-electron chi connectivity index (χ1n) is 12.9. The molecule has 38 heavy (non-hydrogen) atoms. The first kappa shape index (κ1) is 28.4. The van der Waals surface area contributed by atoms with Crippen molar-refractivity contribution in [3.63, 3.8) is 0 Å². The van der Waals surface area contributed by atoms with E-state index < -0.39 is 18.9 Å². The summed E-state index contributed by atoms with van der Waals surface area (Å²) < 4.78 is 2.02. The van der Waals surface area contributed by atoms with Gasteiger partial charge in [-0.3, -0.25) is 0 Å². The average Bonchev–Trinajstić information content (AvgIpc) is 3.50. The number of rotatable bonds is 3. The third-order valence-corrected chi connectivity index (χ3v) is 9.91. The Morgan fingerprint density at radius 1 is 0.605 bits per heavy atom. The zero-order chi connectivity index (χ0) is 26.9. The molecule has 0 saturated heterocycles. The maximum absolute atomic E-state index is 5.48. The number of aryl methyl sites for hydroxylation is 2. The molecule has 0 bridgehead atoms. The maximum Gasteiger partial charge on any atom is -0.0279 e. The van der Waals surface area contributed by atoms with Gasteiger partial charge in [-0.1, -0.05) is 97.8 Å². The van der Waals surface area contributed by atoms with Gasteiger partial charge in [0.25, 0.3) is 0 Å². The molecule has 0 aromatic heterocycles. The van der Waals surface area contributed by atoms with Crippen molar-refractivity contribution in [3.05, 3.63) is 132 Å². The zero-order valence-corrected chi connectivity index (χ0v) is 26.1. The first-order chi connectivity index (χ1) is 18.5. The largest absolute Gasteiger partial charge is 0.165 e. The van der Waals surface area contributed by atoms with Gasteiger partial charge in [0, 0.05) is 0 Å². The summed E-state index contributed by atoms with van der Waals surface area (Å²) in [7, 11) is 11.0. The van der Waals surface area contributed by atoms with Crippen LogP contribution in [0.3, 0.4) is 0 Å². The summed E-state index contributed by atoms with van der Waals surface area (Å²) in [6.07, 6.45) is 1.03. The van der Waals surface area contributed by atoms with Crippen molar-refractivity contribution >= 4 is 42.3 Å². The smallest absolute Gasteiger partial charge is 0.0279 e. The number of benzene rings is 4. The van der Waals surface area contributed by atoms with E-state index in [9.17, 15) is 0 Å². The van der Waals surface area contributed by atoms with Gasteiger partial charge in [0.05, 0.1) is 0 Å². The molecule has 0 aliphatic heterocycles. The minimum absolute atomic E-state index is 1.03. The molecule has 0 unspecified atom stereocenters. The standard InChI is InChI=1S/2C16H13.C3H6.2ClH.Zr/c2*1-12-10-14-8-5-9-15(16(14)11-12)13-6-3-2-4-7-13;1-3-2;;;/h2*2-11H,1H3;1H,3H2,2H3;2*1H;/q2*-1;;;;+2/p-2. The van der Waals surface area contributed by atoms with Crippen LogP contribution < -0.4 is 0 Å². The SMILES string of the molecule is CC[CH]=[Zr]([Cl])[Cl].Cc1cc2c(-c3ccccc3)cccc2[cH-]1.Cc1cc2c(-c3ccccc3)cccc2[cH-]1. The number of halogens is 2. The van der Waals surface area contributed by atoms with Crippen LogP contribution in [0, 0.1) is 13.8 Å². The molecule has 0 spiro atoms. The van der Waals surface area contributed by atoms with Crippen LogP contribution in [-0.2, 0) is 18.9 Å². The Balaban J connectivity index is 0.000000147. The second-order valence-electron chi connectivity index (χ2n) is 9.32. The second kappa shape index (κ2) is 14.0. The normalized spacial score (nSPS) is 10.3. The van der Waals surface area contributed by atoms with Crippen molar-refractivity contribution in [2.24, 2.45) is 0 Å². The molecule has 192 valence electrons. The minimum atomic E-state index is -1.80. The summed E-state index contributed by atoms with van der Waals surface area (Å²) in [5.74, 6) is 0. The van der Waals surface area contributed by atoms with E-state index in [1.165, 1.54) is 54.9 Å². The van der Waals surface area contributed by atoms with Crippen LogP contribution in [0.1, 0.15) is 24.5 Å². The van der Waals surface area contributed by atoms with Crippen LogP contribution in [0.4, 0.5) is 0 Å². The van der Waals surface area contributed by atoms with Crippen molar-refractivity contribution in [1.29, 1.82) is 0 Å². The van der Waals surface area contributed by atoms with E-state index in [1.807, 2.05) is 10.6 Å². The Hall–Kier alpha value is -2.57. The Morgan fingerprint density at radius 3 is 1.37 bits per heavy atom. The predicted molar refractivity (Wildman–Crippen MR) is 167 cm³/mol. The Bertz CT molecular complexity index is 1500. The van der Waals surface area contributed by atoms with Crippen LogP contribution in [0.2, 0.25) is 0 Å². The zero-order valence-electron chi connectivity index (χ0n) is 22.1. The third kappa shape index (κ3) is 7.51. The quantitative estimate of drug-likeness (QED) is 0.174. The van der Waals surface area contributed by atoms with Gasteiger partial charge in [-0.05, 0) is 11.1 Å². The van der Waals surface area contributed by atoms with Gasteiger partial charge in [-0.2, -0.15) is 12.1 Å². The van der Waals surface area contributed by atoms with Crippen LogP contribution in [0.15, 0.2) is 121 Å². The van der Waals surface area contributed by atoms with Crippen LogP contribution >= 0.6 is 17.0 Å². The van der Waals surface area contributed by atoms with Gasteiger partial charge in [0.15, 0.2) is 0 Å². The molecule has 0 N–H and O–H groups in total. The monoisotopic (exact) mass is 612 g/mol. The van der Waals surface area contributed by atoms with Crippen LogP contribution in [0.25, 0.3) is 43.8 Å². The maximum atomic E-state index is 5.48. The summed E-state index contributed by atoms with van der Waals surface area (Å²) in [6.45, 7) is 6.34. The molecule has 0 saturated carbocycles. The van der Waals surface area contributed by atoms with Crippen LogP contribution in [-0.4, -0.2) is 3.71 Å². The van der Waals surface area contributed by atoms with E-state index in [2.05, 4.69) is 135 Å². The fourth-order valence-corrected chi connectivity index (χ4v) is 7.25. The summed E-state index contributed by atoms with van der Waals surface area (Å²) in [4.78, 5) is 0. The number of fused-ring (bicyclic) bond motifs is 2. The number of hydrogen-bond acceptors (Lipinski definition) is 0. The third-order valence-electron chi connectivity index (χ3n) is 6.32. The van der Waals surface area contributed by atoms with Crippen molar-refractivity contribution in [3.8, 4) is 22.3 Å². The molecule has 6 aromatic rings. The van der Waals surface area contributed by atoms with E-state index in [-0.39, 0.29) is 0 Å². The number of hydrogen-bond donors (Lipinski definition) is 0. The Kier molecular flexibility index (Phi) is 10.5. The molecule has 6 rings (SSSR count). The van der Waals surface area contributed by atoms with Gasteiger partial charge in [0.1, 0.15) is 0 Å². The topological polar surface area (TPSA) is 0 Å². The fraction of sp³-hybridized carbons (Fsp3) is 0.114. The Labute approximate surface area is 241 Å². The van der Waals surface area contributed by atoms with Gasteiger partial charge in [0.2, 0.25) is 0 Å². The van der Waals surface area contributed by atoms with Gasteiger partial charge in [-0.25, -0.2) is 0 Å². The molecule has 0 nitrogen and oxygen atoms in total. The first-order valence-corrected chi connectivity index (χ1v) is 20.7. The van der Waals surface area contributed by atoms with Crippen molar-refractivity contribution < 1.29 is 18.9 Å². The molecule has 0 aliphatic carbocycles. The van der Waals surface area contributed by atoms with E-state index >= 15 is 0 Å². The molecule has 6 aromatic carbocycles. The molecule has 3 heteroatoms. The van der Waals surface area contributed by atoms with Crippen molar-refractivity contribution in [2.45, 2.75) is 27.2 Å². The van der Waals surface area contributed by atoms with Gasteiger partial charge < -0.3 is 0 Å². The van der Waals surface area contributed by atoms with Crippen molar-refractivity contribution in [2.75, 3.05) is 0 Å². The summed E-state index contributed by atoms with van der Waals surface area (Å²) >= 11 is -1.80. The second-order valence-corrected chi connectivity index (χ2v) is 17.7. The van der Waals surface area contributed by atoms with Gasteiger partial charge in [-0.15, -0.1) is 69.1 Å². The fourth-order valence-electron chi connectivity index (χ4n) is 4.66. The molecule has 0 fully saturated rings. The van der Waals surface area contributed by atoms with E-state index in [4.69, 9.17) is 17.0 Å². The molecule has 0 heterocycles. The average molecular weight is 615 g/mol. The van der Waals surface area contributed by atoms with Crippen molar-refractivity contribution in [1.82, 2.24) is 0 Å². The summed E-state index contributed by atoms with van der Waals surface area (Å²) in [5.41, 5.74) is 7.89. The van der Waals surface area contributed by atoms with E-state index in [0.29, 0.717) is 0 Å². The molecular formula is C35H32Cl2Zr-2. The van der Waals surface area contributed by atoms with E-state index in [1.54, 1.807) is 0 Å². The molecule has 0 amide bonds. The summed E-state index contributed by atoms with van der Waals surface area (Å²) in [6, 6.07) is 43.1. The van der Waals surface area contributed by atoms with Gasteiger partial charge >= 0.3 is 53.0 Å². The predicted octanol–water partition coefficient (Wildman–Crippen LogP) is 11.2. The summed E-state index contributed by atoms with van der Waals surface area (Å²) in [5, 5.41) is 5.37. The van der Waals surface area contributed by atoms with Crippen LogP contribution in [0.5, 0.6) is 0 Å². The molecule has 0 radical (unpaired) electrons. The van der Waals surface area contributed by atoms with E-state index in [0.717, 1.165) is 6.42 Å². The Morgan fingerprint density at radius 2 is 1.03 bits per heavy atom. The molecular weight excluding hydrogens is 583 g/mol. The molecule has 0 atom stereocenters.